The van der Waals surface area contributed by atoms with Crippen LogP contribution in [-0.4, -0.2) is 71.6 Å². The summed E-state index contributed by atoms with van der Waals surface area (Å²) in [4.78, 5) is 78.0. The second-order valence-corrected chi connectivity index (χ2v) is 13.3. The van der Waals surface area contributed by atoms with Crippen molar-refractivity contribution in [2.24, 2.45) is 0 Å². The first-order valence-corrected chi connectivity index (χ1v) is 16.4. The Kier molecular flexibility index (Phi) is 8.70. The minimum atomic E-state index is -3.93. The monoisotopic (exact) mass is 687 g/mol. The molecule has 0 atom stereocenters. The van der Waals surface area contributed by atoms with Gasteiger partial charge in [0.1, 0.15) is 5.69 Å². The number of benzene rings is 2. The lowest BCUT2D eigenvalue weighted by atomic mass is 10.1. The van der Waals surface area contributed by atoms with Crippen LogP contribution in [0.3, 0.4) is 0 Å². The molecule has 21 nitrogen and oxygen atoms in total. The summed E-state index contributed by atoms with van der Waals surface area (Å²) >= 11 is 0. The Morgan fingerprint density at radius 3 is 1.57 bits per heavy atom. The van der Waals surface area contributed by atoms with Crippen molar-refractivity contribution in [3.8, 4) is 0 Å². The van der Waals surface area contributed by atoms with Crippen molar-refractivity contribution in [2.75, 3.05) is 40.2 Å². The van der Waals surface area contributed by atoms with E-state index in [9.17, 15) is 60.6 Å². The number of aromatic amines is 2. The third kappa shape index (κ3) is 7.01. The number of nitrogens with one attached hydrogen (secondary N) is 4. The zero-order chi connectivity index (χ0) is 34.3. The highest BCUT2D eigenvalue weighted by molar-refractivity contribution is 7.91. The molecule has 46 heavy (non-hydrogen) atoms. The van der Waals surface area contributed by atoms with Crippen LogP contribution in [-0.2, 0) is 20.0 Å². The molecule has 1 aliphatic rings. The topological polar surface area (TPSA) is 292 Å². The van der Waals surface area contributed by atoms with Crippen LogP contribution in [0.4, 0.5) is 21.5 Å². The molecule has 0 aliphatic carbocycles. The molecule has 5 rings (SSSR count). The van der Waals surface area contributed by atoms with E-state index in [2.05, 4.69) is 9.97 Å². The Morgan fingerprint density at radius 2 is 1.15 bits per heavy atom. The van der Waals surface area contributed by atoms with E-state index in [0.29, 0.717) is 36.2 Å². The number of halogens is 1. The molecular formula is C22H22FN9O12S2. The van der Waals surface area contributed by atoms with Crippen LogP contribution >= 0.6 is 0 Å². The number of hydrogen-bond donors (Lipinski definition) is 4. The van der Waals surface area contributed by atoms with Gasteiger partial charge in [-0.05, 0) is 25.0 Å². The summed E-state index contributed by atoms with van der Waals surface area (Å²) < 4.78 is 58.8. The van der Waals surface area contributed by atoms with Gasteiger partial charge >= 0.3 is 17.1 Å². The highest BCUT2D eigenvalue weighted by Crippen LogP contribution is 2.33. The molecule has 24 heteroatoms. The highest BCUT2D eigenvalue weighted by Gasteiger charge is 2.25. The molecule has 3 heterocycles. The molecule has 0 spiro atoms. The lowest BCUT2D eigenvalue weighted by molar-refractivity contribution is -0.387. The van der Waals surface area contributed by atoms with Crippen molar-refractivity contribution < 1.29 is 31.1 Å². The van der Waals surface area contributed by atoms with Gasteiger partial charge in [-0.15, -0.1) is 0 Å². The third-order valence-corrected chi connectivity index (χ3v) is 7.34. The first-order valence-electron chi connectivity index (χ1n) is 12.6. The number of anilines is 1. The summed E-state index contributed by atoms with van der Waals surface area (Å²) in [5, 5.41) is 21.5. The van der Waals surface area contributed by atoms with Gasteiger partial charge in [-0.25, -0.2) is 36.1 Å². The molecule has 1 saturated heterocycles. The fourth-order valence-electron chi connectivity index (χ4n) is 4.46. The predicted octanol–water partition coefficient (Wildman–Crippen LogP) is -1.06. The fraction of sp³-hybridized carbons (Fsp3) is 0.273. The van der Waals surface area contributed by atoms with Gasteiger partial charge in [-0.3, -0.25) is 29.8 Å². The van der Waals surface area contributed by atoms with Crippen molar-refractivity contribution in [1.29, 1.82) is 0 Å². The van der Waals surface area contributed by atoms with Crippen LogP contribution < -0.4 is 37.1 Å². The molecular weight excluding hydrogens is 665 g/mol. The molecule has 2 aromatic heterocycles. The van der Waals surface area contributed by atoms with Crippen molar-refractivity contribution in [3.63, 3.8) is 0 Å². The number of nitro groups is 2. The Hall–Kier alpha value is -5.65. The molecule has 4 aromatic rings. The van der Waals surface area contributed by atoms with Crippen molar-refractivity contribution in [2.45, 2.75) is 12.8 Å². The molecule has 0 unspecified atom stereocenters. The number of nitro benzene ring substituents is 2. The van der Waals surface area contributed by atoms with E-state index in [-0.39, 0.29) is 32.5 Å². The molecule has 0 bridgehead atoms. The zero-order valence-corrected chi connectivity index (χ0v) is 25.1. The number of nitrogens with zero attached hydrogens (tertiary/aromatic N) is 5. The first-order chi connectivity index (χ1) is 21.3. The molecule has 1 fully saturated rings. The second-order valence-electron chi connectivity index (χ2n) is 9.81. The number of rotatable bonds is 7. The smallest absolute Gasteiger partial charge is 0.348 e. The van der Waals surface area contributed by atoms with Crippen LogP contribution in [0.1, 0.15) is 12.8 Å². The van der Waals surface area contributed by atoms with Crippen molar-refractivity contribution in [1.82, 2.24) is 19.3 Å². The van der Waals surface area contributed by atoms with Crippen LogP contribution in [0.5, 0.6) is 0 Å². The summed E-state index contributed by atoms with van der Waals surface area (Å²) in [5.41, 5.74) is -5.46. The number of sulfonamides is 2. The first kappa shape index (κ1) is 33.2. The number of aromatic nitrogens is 4. The van der Waals surface area contributed by atoms with Crippen molar-refractivity contribution >= 4 is 58.9 Å². The van der Waals surface area contributed by atoms with E-state index < -0.39 is 69.3 Å². The van der Waals surface area contributed by atoms with Gasteiger partial charge < -0.3 is 14.9 Å². The minimum Gasteiger partial charge on any atom is -0.366 e. The van der Waals surface area contributed by atoms with E-state index in [0.717, 1.165) is 25.2 Å². The standard InChI is InChI=1S/C13H15N5O6S.C9H7FN4O6S/c1-25(23,24)15-17-12(19)8-6-10(16-4-2-3-5-16)11(18(21)22)7-9(8)14-13(17)20;1-21(19,20)12-13-8(15)4-2-5(10)7(14(17)18)3-6(4)11-9(13)16/h6-7,15H,2-5H2,1H3,(H,14,20);2-3,12H,1H3,(H,11,16). The molecule has 0 radical (unpaired) electrons. The largest absolute Gasteiger partial charge is 0.366 e. The van der Waals surface area contributed by atoms with Crippen LogP contribution in [0.2, 0.25) is 0 Å². The van der Waals surface area contributed by atoms with Crippen LogP contribution in [0.15, 0.2) is 43.4 Å². The maximum atomic E-state index is 13.5. The van der Waals surface area contributed by atoms with E-state index in [4.69, 9.17) is 0 Å². The lowest BCUT2D eigenvalue weighted by Crippen LogP contribution is -2.43. The van der Waals surface area contributed by atoms with Gasteiger partial charge in [0.05, 0.1) is 44.2 Å². The van der Waals surface area contributed by atoms with Gasteiger partial charge in [0, 0.05) is 25.2 Å². The van der Waals surface area contributed by atoms with E-state index in [1.807, 2.05) is 4.83 Å². The van der Waals surface area contributed by atoms with E-state index in [1.54, 1.807) is 9.73 Å². The summed E-state index contributed by atoms with van der Waals surface area (Å²) in [6.07, 6.45) is 3.26. The number of fused-ring (bicyclic) bond motifs is 2. The molecule has 0 saturated carbocycles. The summed E-state index contributed by atoms with van der Waals surface area (Å²) in [6, 6.07) is 3.67. The third-order valence-electron chi connectivity index (χ3n) is 6.31. The average Bonchev–Trinajstić information content (AvgIpc) is 3.47. The molecule has 1 aliphatic heterocycles. The van der Waals surface area contributed by atoms with Gasteiger partial charge in [-0.2, -0.15) is 13.7 Å². The Morgan fingerprint density at radius 1 is 0.739 bits per heavy atom. The van der Waals surface area contributed by atoms with Gasteiger partial charge in [-0.1, -0.05) is 0 Å². The van der Waals surface area contributed by atoms with Gasteiger partial charge in [0.15, 0.2) is 0 Å². The highest BCUT2D eigenvalue weighted by atomic mass is 32.2. The zero-order valence-electron chi connectivity index (χ0n) is 23.5. The Labute approximate surface area is 254 Å². The summed E-state index contributed by atoms with van der Waals surface area (Å²) in [6.45, 7) is 1.23. The number of hydrogen-bond acceptors (Lipinski definition) is 13. The molecule has 2 aromatic carbocycles. The SMILES string of the molecule is CS(=O)(=O)Nn1c(=O)[nH]c2cc([N+](=O)[O-])c(F)cc2c1=O.CS(=O)(=O)Nn1c(=O)[nH]c2cc([N+](=O)[O-])c(N3CCCC3)cc2c1=O. The summed E-state index contributed by atoms with van der Waals surface area (Å²) in [5.74, 6) is -1.29. The van der Waals surface area contributed by atoms with Crippen LogP contribution in [0, 0.1) is 26.0 Å². The van der Waals surface area contributed by atoms with E-state index >= 15 is 0 Å². The Bertz CT molecular complexity index is 2390. The van der Waals surface area contributed by atoms with Crippen LogP contribution in [0.25, 0.3) is 21.8 Å². The Balaban J connectivity index is 0.000000212. The lowest BCUT2D eigenvalue weighted by Gasteiger charge is -2.18. The second kappa shape index (κ2) is 12.0. The normalized spacial score (nSPS) is 13.3. The molecule has 246 valence electrons. The predicted molar refractivity (Wildman–Crippen MR) is 161 cm³/mol. The molecule has 4 N–H and O–H groups in total. The summed E-state index contributed by atoms with van der Waals surface area (Å²) in [7, 11) is -7.80. The average molecular weight is 688 g/mol. The maximum absolute atomic E-state index is 13.5. The van der Waals surface area contributed by atoms with E-state index in [1.165, 1.54) is 6.07 Å². The van der Waals surface area contributed by atoms with Crippen molar-refractivity contribution in [3.05, 3.63) is 92.0 Å². The fourth-order valence-corrected chi connectivity index (χ4v) is 5.46. The number of H-pyrrole nitrogens is 2. The maximum Gasteiger partial charge on any atom is 0.348 e. The molecule has 0 amide bonds. The van der Waals surface area contributed by atoms with Gasteiger partial charge in [0.2, 0.25) is 25.9 Å². The minimum absolute atomic E-state index is 0.0248. The quantitative estimate of drug-likeness (QED) is 0.133. The van der Waals surface area contributed by atoms with Gasteiger partial charge in [0.25, 0.3) is 16.8 Å².